The van der Waals surface area contributed by atoms with Gasteiger partial charge in [0.1, 0.15) is 0 Å². The summed E-state index contributed by atoms with van der Waals surface area (Å²) in [5.74, 6) is 5.99. The molecule has 0 heterocycles. The van der Waals surface area contributed by atoms with Crippen molar-refractivity contribution in [2.24, 2.45) is 11.7 Å². The fourth-order valence-electron chi connectivity index (χ4n) is 1.58. The molecule has 0 aromatic heterocycles. The zero-order valence-corrected chi connectivity index (χ0v) is 11.0. The van der Waals surface area contributed by atoms with E-state index in [-0.39, 0.29) is 11.6 Å². The molecule has 1 aromatic rings. The Balaban J connectivity index is 2.74. The maximum Gasteiger partial charge on any atom is 0.165 e. The van der Waals surface area contributed by atoms with Gasteiger partial charge in [-0.3, -0.25) is 0 Å². The highest BCUT2D eigenvalue weighted by Crippen LogP contribution is 2.20. The average Bonchev–Trinajstić information content (AvgIpc) is 2.40. The lowest BCUT2D eigenvalue weighted by Gasteiger charge is -2.14. The van der Waals surface area contributed by atoms with Gasteiger partial charge in [0.25, 0.3) is 0 Å². The summed E-state index contributed by atoms with van der Waals surface area (Å²) < 4.78 is 19.1. The van der Waals surface area contributed by atoms with Crippen molar-refractivity contribution in [3.05, 3.63) is 29.6 Å². The fraction of sp³-hybridized carbons (Fsp3) is 0.467. The van der Waals surface area contributed by atoms with E-state index >= 15 is 0 Å². The van der Waals surface area contributed by atoms with Crippen molar-refractivity contribution in [1.82, 2.24) is 0 Å². The molecule has 0 aliphatic rings. The lowest BCUT2D eigenvalue weighted by molar-refractivity contribution is 0.231. The van der Waals surface area contributed by atoms with E-state index in [9.17, 15) is 4.39 Å². The summed E-state index contributed by atoms with van der Waals surface area (Å²) in [5.41, 5.74) is 6.02. The molecule has 0 aliphatic carbocycles. The van der Waals surface area contributed by atoms with Gasteiger partial charge in [-0.05, 0) is 24.1 Å². The van der Waals surface area contributed by atoms with E-state index in [4.69, 9.17) is 10.5 Å². The van der Waals surface area contributed by atoms with Gasteiger partial charge in [-0.25, -0.2) is 4.39 Å². The van der Waals surface area contributed by atoms with Crippen molar-refractivity contribution in [1.29, 1.82) is 0 Å². The van der Waals surface area contributed by atoms with Gasteiger partial charge in [-0.2, -0.15) is 0 Å². The molecule has 0 atom stereocenters. The van der Waals surface area contributed by atoms with Gasteiger partial charge in [0.15, 0.2) is 11.6 Å². The highest BCUT2D eigenvalue weighted by atomic mass is 19.1. The van der Waals surface area contributed by atoms with Crippen LogP contribution in [0.1, 0.15) is 32.3 Å². The van der Waals surface area contributed by atoms with Crippen molar-refractivity contribution in [2.75, 3.05) is 13.2 Å². The molecule has 98 valence electrons. The van der Waals surface area contributed by atoms with Crippen LogP contribution in [0.15, 0.2) is 18.2 Å². The molecule has 1 aromatic carbocycles. The first-order valence-corrected chi connectivity index (χ1v) is 6.32. The number of rotatable bonds is 5. The van der Waals surface area contributed by atoms with E-state index in [1.807, 2.05) is 0 Å². The number of halogens is 1. The number of ether oxygens (including phenoxy) is 1. The minimum Gasteiger partial charge on any atom is -0.490 e. The lowest BCUT2D eigenvalue weighted by Crippen LogP contribution is -2.10. The zero-order valence-electron chi connectivity index (χ0n) is 11.0. The second kappa shape index (κ2) is 7.73. The Hall–Kier alpha value is -1.53. The molecule has 0 radical (unpaired) electrons. The smallest absolute Gasteiger partial charge is 0.165 e. The van der Waals surface area contributed by atoms with Crippen LogP contribution in [0.25, 0.3) is 0 Å². The van der Waals surface area contributed by atoms with Crippen LogP contribution in [0.4, 0.5) is 4.39 Å². The molecule has 0 unspecified atom stereocenters. The van der Waals surface area contributed by atoms with Gasteiger partial charge in [-0.1, -0.05) is 38.5 Å². The summed E-state index contributed by atoms with van der Waals surface area (Å²) in [5, 5.41) is 0. The van der Waals surface area contributed by atoms with Crippen molar-refractivity contribution in [2.45, 2.75) is 26.7 Å². The fourth-order valence-corrected chi connectivity index (χ4v) is 1.58. The minimum atomic E-state index is -0.348. The average molecular weight is 249 g/mol. The lowest BCUT2D eigenvalue weighted by atomic mass is 10.1. The third-order valence-electron chi connectivity index (χ3n) is 2.90. The highest BCUT2D eigenvalue weighted by molar-refractivity contribution is 5.40. The molecule has 0 bridgehead atoms. The van der Waals surface area contributed by atoms with Gasteiger partial charge in [-0.15, -0.1) is 0 Å². The van der Waals surface area contributed by atoms with Crippen LogP contribution >= 0.6 is 0 Å². The summed E-state index contributed by atoms with van der Waals surface area (Å²) in [7, 11) is 0. The quantitative estimate of drug-likeness (QED) is 0.814. The molecular formula is C15H20FNO. The molecule has 3 heteroatoms. The Morgan fingerprint density at radius 1 is 1.33 bits per heavy atom. The van der Waals surface area contributed by atoms with Crippen molar-refractivity contribution >= 4 is 0 Å². The molecule has 2 N–H and O–H groups in total. The molecule has 0 amide bonds. The predicted molar refractivity (Wildman–Crippen MR) is 71.9 cm³/mol. The third kappa shape index (κ3) is 4.38. The largest absolute Gasteiger partial charge is 0.490 e. The first kappa shape index (κ1) is 14.5. The zero-order chi connectivity index (χ0) is 13.4. The van der Waals surface area contributed by atoms with Crippen molar-refractivity contribution in [3.63, 3.8) is 0 Å². The molecule has 0 fully saturated rings. The maximum atomic E-state index is 13.6. The van der Waals surface area contributed by atoms with Gasteiger partial charge >= 0.3 is 0 Å². The van der Waals surface area contributed by atoms with Gasteiger partial charge in [0.05, 0.1) is 13.2 Å². The summed E-state index contributed by atoms with van der Waals surface area (Å²) in [4.78, 5) is 0. The molecule has 18 heavy (non-hydrogen) atoms. The second-order valence-corrected chi connectivity index (χ2v) is 4.14. The Kier molecular flexibility index (Phi) is 6.24. The first-order valence-electron chi connectivity index (χ1n) is 6.32. The molecule has 0 saturated heterocycles. The molecule has 0 aliphatic heterocycles. The second-order valence-electron chi connectivity index (χ2n) is 4.14. The van der Waals surface area contributed by atoms with E-state index in [1.54, 1.807) is 12.1 Å². The van der Waals surface area contributed by atoms with Crippen LogP contribution < -0.4 is 10.5 Å². The predicted octanol–water partition coefficient (Wildman–Crippen LogP) is 2.95. The van der Waals surface area contributed by atoms with Crippen LogP contribution in [0, 0.1) is 23.6 Å². The van der Waals surface area contributed by atoms with Gasteiger partial charge in [0.2, 0.25) is 0 Å². The first-order chi connectivity index (χ1) is 8.71. The third-order valence-corrected chi connectivity index (χ3v) is 2.90. The van der Waals surface area contributed by atoms with Gasteiger partial charge in [0, 0.05) is 5.56 Å². The highest BCUT2D eigenvalue weighted by Gasteiger charge is 2.08. The summed E-state index contributed by atoms with van der Waals surface area (Å²) in [6.45, 7) is 5.05. The normalized spacial score (nSPS) is 10.1. The van der Waals surface area contributed by atoms with E-state index in [0.29, 0.717) is 19.1 Å². The van der Waals surface area contributed by atoms with Crippen LogP contribution in [-0.2, 0) is 0 Å². The summed E-state index contributed by atoms with van der Waals surface area (Å²) in [6.07, 6.45) is 2.07. The SMILES string of the molecule is CCC(CC)COc1cc(C#CCN)ccc1F. The molecule has 2 nitrogen and oxygen atoms in total. The van der Waals surface area contributed by atoms with E-state index < -0.39 is 0 Å². The van der Waals surface area contributed by atoms with E-state index in [0.717, 1.165) is 18.4 Å². The Morgan fingerprint density at radius 3 is 2.67 bits per heavy atom. The maximum absolute atomic E-state index is 13.6. The standard InChI is InChI=1S/C15H20FNO/c1-3-12(4-2)11-18-15-10-13(6-5-9-17)7-8-14(15)16/h7-8,10,12H,3-4,9,11,17H2,1-2H3. The Bertz CT molecular complexity index is 430. The number of hydrogen-bond donors (Lipinski definition) is 1. The monoisotopic (exact) mass is 249 g/mol. The molecule has 1 rings (SSSR count). The minimum absolute atomic E-state index is 0.269. The molecule has 0 spiro atoms. The number of benzene rings is 1. The Labute approximate surface area is 108 Å². The summed E-state index contributed by atoms with van der Waals surface area (Å²) >= 11 is 0. The Morgan fingerprint density at radius 2 is 2.06 bits per heavy atom. The van der Waals surface area contributed by atoms with Crippen LogP contribution in [0.2, 0.25) is 0 Å². The van der Waals surface area contributed by atoms with E-state index in [1.165, 1.54) is 6.07 Å². The van der Waals surface area contributed by atoms with Crippen LogP contribution in [-0.4, -0.2) is 13.2 Å². The summed E-state index contributed by atoms with van der Waals surface area (Å²) in [6, 6.07) is 4.63. The van der Waals surface area contributed by atoms with Gasteiger partial charge < -0.3 is 10.5 Å². The number of hydrogen-bond acceptors (Lipinski definition) is 2. The number of nitrogens with two attached hydrogens (primary N) is 1. The van der Waals surface area contributed by atoms with Crippen molar-refractivity contribution < 1.29 is 9.13 Å². The molecule has 0 saturated carbocycles. The van der Waals surface area contributed by atoms with Crippen LogP contribution in [0.3, 0.4) is 0 Å². The van der Waals surface area contributed by atoms with E-state index in [2.05, 4.69) is 25.7 Å². The topological polar surface area (TPSA) is 35.2 Å². The molecular weight excluding hydrogens is 229 g/mol. The van der Waals surface area contributed by atoms with Crippen molar-refractivity contribution in [3.8, 4) is 17.6 Å². The van der Waals surface area contributed by atoms with Crippen LogP contribution in [0.5, 0.6) is 5.75 Å².